The number of aryl methyl sites for hydroxylation is 1. The van der Waals surface area contributed by atoms with E-state index in [2.05, 4.69) is 0 Å². The number of ether oxygens (including phenoxy) is 1. The molecule has 0 radical (unpaired) electrons. The number of hydrogen-bond donors (Lipinski definition) is 0. The molecule has 0 bridgehead atoms. The second-order valence-corrected chi connectivity index (χ2v) is 5.35. The van der Waals surface area contributed by atoms with Crippen molar-refractivity contribution in [3.05, 3.63) is 34.7 Å². The first-order chi connectivity index (χ1) is 9.27. The van der Waals surface area contributed by atoms with Crippen molar-refractivity contribution in [3.63, 3.8) is 0 Å². The van der Waals surface area contributed by atoms with Crippen molar-refractivity contribution >= 4 is 11.0 Å². The van der Waals surface area contributed by atoms with Crippen LogP contribution in [0.4, 0.5) is 0 Å². The molecular weight excluding hydrogens is 240 g/mol. The van der Waals surface area contributed by atoms with Gasteiger partial charge in [0.05, 0.1) is 24.2 Å². The van der Waals surface area contributed by atoms with E-state index in [1.165, 1.54) is 19.3 Å². The molecule has 19 heavy (non-hydrogen) atoms. The first kappa shape index (κ1) is 12.5. The van der Waals surface area contributed by atoms with E-state index in [4.69, 9.17) is 4.74 Å². The van der Waals surface area contributed by atoms with E-state index in [1.807, 2.05) is 31.3 Å². The largest absolute Gasteiger partial charge is 0.379 e. The zero-order valence-corrected chi connectivity index (χ0v) is 11.3. The summed E-state index contributed by atoms with van der Waals surface area (Å²) in [5.41, 5.74) is 2.00. The molecule has 2 aromatic rings. The lowest BCUT2D eigenvalue weighted by Crippen LogP contribution is -2.25. The Kier molecular flexibility index (Phi) is 3.42. The molecule has 1 heterocycles. The van der Waals surface area contributed by atoms with Gasteiger partial charge < -0.3 is 4.74 Å². The van der Waals surface area contributed by atoms with Crippen molar-refractivity contribution in [3.8, 4) is 0 Å². The van der Waals surface area contributed by atoms with Crippen LogP contribution in [0.2, 0.25) is 0 Å². The van der Waals surface area contributed by atoms with Gasteiger partial charge in [0.1, 0.15) is 0 Å². The molecule has 1 aromatic carbocycles. The van der Waals surface area contributed by atoms with Gasteiger partial charge in [-0.3, -0.25) is 9.13 Å². The molecule has 0 saturated heterocycles. The standard InChI is InChI=1S/C15H20N2O2/c1-16-13-7-2-3-8-14(13)17(15(16)18)9-10-19-11-12-5-4-6-12/h2-3,7-8,12H,4-6,9-11H2,1H3. The quantitative estimate of drug-likeness (QED) is 0.772. The van der Waals surface area contributed by atoms with Crippen LogP contribution in [0.5, 0.6) is 0 Å². The fourth-order valence-electron chi connectivity index (χ4n) is 2.64. The van der Waals surface area contributed by atoms with Crippen molar-refractivity contribution < 1.29 is 4.74 Å². The van der Waals surface area contributed by atoms with Crippen molar-refractivity contribution in [1.82, 2.24) is 9.13 Å². The number of imidazole rings is 1. The van der Waals surface area contributed by atoms with Crippen LogP contribution in [0.25, 0.3) is 11.0 Å². The number of aromatic nitrogens is 2. The summed E-state index contributed by atoms with van der Waals surface area (Å²) >= 11 is 0. The Bertz CT molecular complexity index is 623. The predicted molar refractivity (Wildman–Crippen MR) is 75.3 cm³/mol. The second kappa shape index (κ2) is 5.21. The maximum absolute atomic E-state index is 12.2. The minimum absolute atomic E-state index is 0.0356. The summed E-state index contributed by atoms with van der Waals surface area (Å²) in [6.07, 6.45) is 3.94. The molecular formula is C15H20N2O2. The summed E-state index contributed by atoms with van der Waals surface area (Å²) in [6, 6.07) is 7.89. The fourth-order valence-corrected chi connectivity index (χ4v) is 2.64. The summed E-state index contributed by atoms with van der Waals surface area (Å²) < 4.78 is 9.18. The number of fused-ring (bicyclic) bond motifs is 1. The van der Waals surface area contributed by atoms with Crippen LogP contribution in [0.1, 0.15) is 19.3 Å². The second-order valence-electron chi connectivity index (χ2n) is 5.35. The first-order valence-electron chi connectivity index (χ1n) is 6.99. The van der Waals surface area contributed by atoms with Crippen LogP contribution in [0.3, 0.4) is 0 Å². The van der Waals surface area contributed by atoms with Gasteiger partial charge >= 0.3 is 5.69 Å². The van der Waals surface area contributed by atoms with Crippen LogP contribution in [0, 0.1) is 5.92 Å². The summed E-state index contributed by atoms with van der Waals surface area (Å²) in [5.74, 6) is 0.754. The van der Waals surface area contributed by atoms with E-state index >= 15 is 0 Å². The summed E-state index contributed by atoms with van der Waals surface area (Å²) in [5, 5.41) is 0. The summed E-state index contributed by atoms with van der Waals surface area (Å²) in [4.78, 5) is 12.2. The van der Waals surface area contributed by atoms with Crippen molar-refractivity contribution in [2.24, 2.45) is 13.0 Å². The number of rotatable bonds is 5. The molecule has 4 nitrogen and oxygen atoms in total. The molecule has 1 saturated carbocycles. The van der Waals surface area contributed by atoms with Crippen molar-refractivity contribution in [1.29, 1.82) is 0 Å². The number of nitrogens with zero attached hydrogens (tertiary/aromatic N) is 2. The minimum atomic E-state index is 0.0356. The molecule has 102 valence electrons. The highest BCUT2D eigenvalue weighted by Gasteiger charge is 2.17. The number of para-hydroxylation sites is 2. The monoisotopic (exact) mass is 260 g/mol. The molecule has 1 aliphatic rings. The average Bonchev–Trinajstić information content (AvgIpc) is 2.62. The van der Waals surface area contributed by atoms with Gasteiger partial charge in [-0.15, -0.1) is 0 Å². The van der Waals surface area contributed by atoms with E-state index in [9.17, 15) is 4.79 Å². The normalized spacial score (nSPS) is 15.8. The van der Waals surface area contributed by atoms with Crippen LogP contribution >= 0.6 is 0 Å². The molecule has 0 spiro atoms. The Morgan fingerprint density at radius 2 is 2.00 bits per heavy atom. The zero-order chi connectivity index (χ0) is 13.2. The maximum atomic E-state index is 12.2. The van der Waals surface area contributed by atoms with Gasteiger partial charge in [0.2, 0.25) is 0 Å². The average molecular weight is 260 g/mol. The third kappa shape index (κ3) is 2.32. The zero-order valence-electron chi connectivity index (χ0n) is 11.3. The third-order valence-corrected chi connectivity index (χ3v) is 4.09. The topological polar surface area (TPSA) is 36.2 Å². The molecule has 0 N–H and O–H groups in total. The van der Waals surface area contributed by atoms with Gasteiger partial charge in [-0.25, -0.2) is 4.79 Å². The van der Waals surface area contributed by atoms with Gasteiger partial charge in [0.25, 0.3) is 0 Å². The fraction of sp³-hybridized carbons (Fsp3) is 0.533. The van der Waals surface area contributed by atoms with Crippen LogP contribution < -0.4 is 5.69 Å². The Labute approximate surface area is 112 Å². The number of benzene rings is 1. The predicted octanol–water partition coefficient (Wildman–Crippen LogP) is 2.16. The SMILES string of the molecule is Cn1c(=O)n(CCOCC2CCC2)c2ccccc21. The van der Waals surface area contributed by atoms with E-state index in [0.29, 0.717) is 13.2 Å². The lowest BCUT2D eigenvalue weighted by atomic mass is 9.86. The van der Waals surface area contributed by atoms with Crippen LogP contribution in [-0.2, 0) is 18.3 Å². The van der Waals surface area contributed by atoms with Gasteiger partial charge in [-0.05, 0) is 30.9 Å². The molecule has 1 aliphatic carbocycles. The van der Waals surface area contributed by atoms with Gasteiger partial charge in [-0.2, -0.15) is 0 Å². The molecule has 0 aliphatic heterocycles. The van der Waals surface area contributed by atoms with Gasteiger partial charge in [0, 0.05) is 13.7 Å². The molecule has 4 heteroatoms. The summed E-state index contributed by atoms with van der Waals surface area (Å²) in [6.45, 7) is 2.09. The van der Waals surface area contributed by atoms with Crippen LogP contribution in [0.15, 0.2) is 29.1 Å². The molecule has 3 rings (SSSR count). The first-order valence-corrected chi connectivity index (χ1v) is 6.99. The molecule has 1 fully saturated rings. The molecule has 1 aromatic heterocycles. The highest BCUT2D eigenvalue weighted by Crippen LogP contribution is 2.26. The molecule has 0 amide bonds. The maximum Gasteiger partial charge on any atom is 0.328 e. The Hall–Kier alpha value is -1.55. The van der Waals surface area contributed by atoms with E-state index in [1.54, 1.807) is 9.13 Å². The highest BCUT2D eigenvalue weighted by atomic mass is 16.5. The third-order valence-electron chi connectivity index (χ3n) is 4.09. The summed E-state index contributed by atoms with van der Waals surface area (Å²) in [7, 11) is 1.82. The smallest absolute Gasteiger partial charge is 0.328 e. The Morgan fingerprint density at radius 3 is 2.68 bits per heavy atom. The lowest BCUT2D eigenvalue weighted by Gasteiger charge is -2.24. The van der Waals surface area contributed by atoms with E-state index < -0.39 is 0 Å². The Morgan fingerprint density at radius 1 is 1.26 bits per heavy atom. The van der Waals surface area contributed by atoms with Gasteiger partial charge in [-0.1, -0.05) is 18.6 Å². The van der Waals surface area contributed by atoms with E-state index in [0.717, 1.165) is 23.6 Å². The number of hydrogen-bond acceptors (Lipinski definition) is 2. The van der Waals surface area contributed by atoms with Crippen molar-refractivity contribution in [2.75, 3.05) is 13.2 Å². The lowest BCUT2D eigenvalue weighted by molar-refractivity contribution is 0.0655. The highest BCUT2D eigenvalue weighted by molar-refractivity contribution is 5.75. The molecule has 0 atom stereocenters. The Balaban J connectivity index is 1.69. The van der Waals surface area contributed by atoms with Crippen LogP contribution in [-0.4, -0.2) is 22.3 Å². The van der Waals surface area contributed by atoms with E-state index in [-0.39, 0.29) is 5.69 Å². The molecule has 0 unspecified atom stereocenters. The van der Waals surface area contributed by atoms with Gasteiger partial charge in [0.15, 0.2) is 0 Å². The minimum Gasteiger partial charge on any atom is -0.379 e. The van der Waals surface area contributed by atoms with Crippen molar-refractivity contribution in [2.45, 2.75) is 25.8 Å².